The smallest absolute Gasteiger partial charge is 0.407 e. The van der Waals surface area contributed by atoms with Crippen LogP contribution in [0.15, 0.2) is 30.3 Å². The molecule has 1 aromatic carbocycles. The summed E-state index contributed by atoms with van der Waals surface area (Å²) in [5.41, 5.74) is 4.84. The van der Waals surface area contributed by atoms with Crippen LogP contribution >= 0.6 is 0 Å². The van der Waals surface area contributed by atoms with Gasteiger partial charge in [-0.15, -0.1) is 0 Å². The molecule has 2 aliphatic rings. The summed E-state index contributed by atoms with van der Waals surface area (Å²) in [6, 6.07) is 5.53. The van der Waals surface area contributed by atoms with Gasteiger partial charge in [-0.25, -0.2) is 9.59 Å². The van der Waals surface area contributed by atoms with Crippen LogP contribution in [0.5, 0.6) is 0 Å². The van der Waals surface area contributed by atoms with Gasteiger partial charge in [0.15, 0.2) is 0 Å². The average molecular weight is 643 g/mol. The first-order chi connectivity index (χ1) is 21.4. The number of carbonyl (C=O) groups is 6. The largest absolute Gasteiger partial charge is 0.445 e. The summed E-state index contributed by atoms with van der Waals surface area (Å²) in [4.78, 5) is 79.2. The zero-order valence-corrected chi connectivity index (χ0v) is 27.8. The number of nitrogens with one attached hydrogen (secondary N) is 4. The minimum Gasteiger partial charge on any atom is -0.445 e. The van der Waals surface area contributed by atoms with E-state index < -0.39 is 64.7 Å². The minimum atomic E-state index is -1.14. The molecule has 0 radical (unpaired) electrons. The molecule has 13 heteroatoms. The van der Waals surface area contributed by atoms with Crippen LogP contribution in [-0.2, 0) is 30.5 Å². The molecule has 1 aliphatic carbocycles. The molecule has 0 spiro atoms. The summed E-state index contributed by atoms with van der Waals surface area (Å²) in [6.45, 7) is 11.2. The Labute approximate surface area is 271 Å². The molecule has 0 bridgehead atoms. The fraction of sp³-hybridized carbons (Fsp3) is 0.636. The van der Waals surface area contributed by atoms with Gasteiger partial charge in [0.25, 0.3) is 5.91 Å². The molecule has 1 saturated carbocycles. The van der Waals surface area contributed by atoms with Gasteiger partial charge in [-0.05, 0) is 56.4 Å². The highest BCUT2D eigenvalue weighted by Gasteiger charge is 2.46. The van der Waals surface area contributed by atoms with Crippen LogP contribution in [0.25, 0.3) is 0 Å². The Hall–Kier alpha value is -4.16. The number of carbonyl (C=O) groups excluding carboxylic acids is 6. The average Bonchev–Trinajstić information content (AvgIpc) is 3.37. The number of urea groups is 1. The number of alkyl carbamates (subject to hydrolysis) is 1. The minimum absolute atomic E-state index is 0.0822. The van der Waals surface area contributed by atoms with Crippen molar-refractivity contribution in [1.82, 2.24) is 26.2 Å². The van der Waals surface area contributed by atoms with Crippen molar-refractivity contribution in [2.24, 2.45) is 23.0 Å². The van der Waals surface area contributed by atoms with Gasteiger partial charge in [0, 0.05) is 18.6 Å². The molecule has 0 aromatic heterocycles. The van der Waals surface area contributed by atoms with Crippen molar-refractivity contribution >= 4 is 35.6 Å². The van der Waals surface area contributed by atoms with Gasteiger partial charge < -0.3 is 36.6 Å². The molecule has 2 unspecified atom stereocenters. The third-order valence-corrected chi connectivity index (χ3v) is 8.27. The zero-order valence-electron chi connectivity index (χ0n) is 27.8. The van der Waals surface area contributed by atoms with Crippen molar-refractivity contribution in [2.75, 3.05) is 13.1 Å². The number of nitrogens with two attached hydrogens (primary N) is 1. The normalized spacial score (nSPS) is 19.7. The Balaban J connectivity index is 1.79. The van der Waals surface area contributed by atoms with Gasteiger partial charge >= 0.3 is 12.1 Å². The zero-order chi connectivity index (χ0) is 34.2. The lowest BCUT2D eigenvalue weighted by Gasteiger charge is -2.36. The number of nitrogens with zero attached hydrogens (tertiary/aromatic N) is 1. The molecule has 3 rings (SSSR count). The van der Waals surface area contributed by atoms with E-state index in [1.807, 2.05) is 51.1 Å². The van der Waals surface area contributed by atoms with E-state index in [2.05, 4.69) is 21.3 Å². The predicted molar refractivity (Wildman–Crippen MR) is 171 cm³/mol. The number of primary amides is 1. The number of Topliss-reactive ketones (excluding diaryl/α,β-unsaturated/α-hetero) is 1. The van der Waals surface area contributed by atoms with Crippen LogP contribution in [0.2, 0.25) is 0 Å². The maximum absolute atomic E-state index is 14.2. The molecule has 1 aromatic rings. The SMILES string of the molecule is CC(C)(C)NC(=O)N[C@H](C(=O)N1CC(CNC(=O)OCc2ccccc2)C[C@H]1C(=O)NC(CC1CCC1)C(=O)C(N)=O)C(C)(C)C. The van der Waals surface area contributed by atoms with Gasteiger partial charge in [0.05, 0.1) is 6.04 Å². The fourth-order valence-corrected chi connectivity index (χ4v) is 5.62. The highest BCUT2D eigenvalue weighted by molar-refractivity contribution is 6.37. The maximum Gasteiger partial charge on any atom is 0.407 e. The van der Waals surface area contributed by atoms with Crippen LogP contribution in [-0.4, -0.2) is 77.3 Å². The molecular weight excluding hydrogens is 592 g/mol. The van der Waals surface area contributed by atoms with Crippen molar-refractivity contribution in [3.8, 4) is 0 Å². The number of hydrogen-bond acceptors (Lipinski definition) is 7. The third kappa shape index (κ3) is 10.7. The second-order valence-electron chi connectivity index (χ2n) is 14.5. The van der Waals surface area contributed by atoms with Crippen molar-refractivity contribution in [3.63, 3.8) is 0 Å². The van der Waals surface area contributed by atoms with E-state index in [9.17, 15) is 28.8 Å². The lowest BCUT2D eigenvalue weighted by Crippen LogP contribution is -2.61. The van der Waals surface area contributed by atoms with E-state index in [1.54, 1.807) is 20.8 Å². The maximum atomic E-state index is 14.2. The number of likely N-dealkylation sites (tertiary alicyclic amines) is 1. The van der Waals surface area contributed by atoms with Gasteiger partial charge in [0.1, 0.15) is 18.7 Å². The van der Waals surface area contributed by atoms with Crippen molar-refractivity contribution in [2.45, 2.75) is 104 Å². The lowest BCUT2D eigenvalue weighted by atomic mass is 9.80. The van der Waals surface area contributed by atoms with E-state index in [-0.39, 0.29) is 44.4 Å². The Morgan fingerprint density at radius 1 is 0.957 bits per heavy atom. The van der Waals surface area contributed by atoms with E-state index in [1.165, 1.54) is 4.90 Å². The standard InChI is InChI=1S/C33H50N6O7/c1-32(2,3)26(37-30(44)38-33(4,5)6)29(43)39-18-22(17-35-31(45)46-19-21-11-8-7-9-12-21)16-24(39)28(42)36-23(25(40)27(34)41)15-20-13-10-14-20/h7-9,11-12,20,22-24,26H,10,13-19H2,1-6H3,(H2,34,41)(H,35,45)(H,36,42)(H2,37,38,44)/t22?,23?,24-,26+/m0/s1. The molecule has 1 heterocycles. The Morgan fingerprint density at radius 3 is 2.15 bits per heavy atom. The molecule has 6 N–H and O–H groups in total. The van der Waals surface area contributed by atoms with E-state index in [4.69, 9.17) is 10.5 Å². The summed E-state index contributed by atoms with van der Waals surface area (Å²) in [7, 11) is 0. The summed E-state index contributed by atoms with van der Waals surface area (Å²) in [5, 5.41) is 11.0. The third-order valence-electron chi connectivity index (χ3n) is 8.27. The number of hydrogen-bond donors (Lipinski definition) is 5. The van der Waals surface area contributed by atoms with Crippen LogP contribution in [0.3, 0.4) is 0 Å². The van der Waals surface area contributed by atoms with Crippen LogP contribution in [0, 0.1) is 17.3 Å². The number of ketones is 1. The van der Waals surface area contributed by atoms with Crippen molar-refractivity contribution in [1.29, 1.82) is 0 Å². The Morgan fingerprint density at radius 2 is 1.61 bits per heavy atom. The first kappa shape index (κ1) is 36.3. The van der Waals surface area contributed by atoms with E-state index >= 15 is 0 Å². The number of ether oxygens (including phenoxy) is 1. The van der Waals surface area contributed by atoms with Crippen LogP contribution < -0.4 is 27.0 Å². The van der Waals surface area contributed by atoms with Gasteiger partial charge in [-0.2, -0.15) is 0 Å². The molecule has 13 nitrogen and oxygen atoms in total. The molecule has 254 valence electrons. The fourth-order valence-electron chi connectivity index (χ4n) is 5.62. The molecule has 2 fully saturated rings. The van der Waals surface area contributed by atoms with Crippen molar-refractivity contribution < 1.29 is 33.5 Å². The quantitative estimate of drug-likeness (QED) is 0.216. The Bertz CT molecular complexity index is 1270. The number of benzene rings is 1. The first-order valence-corrected chi connectivity index (χ1v) is 15.9. The first-order valence-electron chi connectivity index (χ1n) is 15.9. The molecule has 1 saturated heterocycles. The summed E-state index contributed by atoms with van der Waals surface area (Å²) < 4.78 is 5.31. The van der Waals surface area contributed by atoms with E-state index in [0.29, 0.717) is 0 Å². The Kier molecular flexibility index (Phi) is 12.2. The second kappa shape index (κ2) is 15.4. The molecular formula is C33H50N6O7. The van der Waals surface area contributed by atoms with Crippen LogP contribution in [0.4, 0.5) is 9.59 Å². The summed E-state index contributed by atoms with van der Waals surface area (Å²) >= 11 is 0. The lowest BCUT2D eigenvalue weighted by molar-refractivity contribution is -0.143. The second-order valence-corrected chi connectivity index (χ2v) is 14.5. The number of amides is 6. The van der Waals surface area contributed by atoms with Gasteiger partial charge in [-0.1, -0.05) is 70.4 Å². The monoisotopic (exact) mass is 642 g/mol. The number of rotatable bonds is 12. The van der Waals surface area contributed by atoms with Gasteiger partial charge in [0.2, 0.25) is 17.6 Å². The molecule has 6 amide bonds. The molecule has 1 aliphatic heterocycles. The summed E-state index contributed by atoms with van der Waals surface area (Å²) in [5.74, 6) is -3.27. The highest BCUT2D eigenvalue weighted by Crippen LogP contribution is 2.32. The molecule has 46 heavy (non-hydrogen) atoms. The van der Waals surface area contributed by atoms with Gasteiger partial charge in [-0.3, -0.25) is 19.2 Å². The van der Waals surface area contributed by atoms with Crippen molar-refractivity contribution in [3.05, 3.63) is 35.9 Å². The molecule has 4 atom stereocenters. The topological polar surface area (TPSA) is 189 Å². The predicted octanol–water partition coefficient (Wildman–Crippen LogP) is 2.37. The van der Waals surface area contributed by atoms with Crippen LogP contribution in [0.1, 0.15) is 79.2 Å². The highest BCUT2D eigenvalue weighted by atomic mass is 16.5. The van der Waals surface area contributed by atoms with E-state index in [0.717, 1.165) is 24.8 Å². The summed E-state index contributed by atoms with van der Waals surface area (Å²) in [6.07, 6.45) is 2.59.